The van der Waals surface area contributed by atoms with Crippen molar-refractivity contribution in [2.45, 2.75) is 19.8 Å². The molecule has 0 amide bonds. The van der Waals surface area contributed by atoms with Gasteiger partial charge in [0.1, 0.15) is 0 Å². The van der Waals surface area contributed by atoms with Crippen LogP contribution in [0.2, 0.25) is 0 Å². The maximum atomic E-state index is 10.3. The highest BCUT2D eigenvalue weighted by Gasteiger charge is 2.38. The monoisotopic (exact) mass is 144 g/mol. The second-order valence-electron chi connectivity index (χ2n) is 2.92. The third-order valence-electron chi connectivity index (χ3n) is 2.09. The molecule has 10 heavy (non-hydrogen) atoms. The van der Waals surface area contributed by atoms with Gasteiger partial charge in [0.05, 0.1) is 19.6 Å². The van der Waals surface area contributed by atoms with Crippen LogP contribution in [0.3, 0.4) is 0 Å². The van der Waals surface area contributed by atoms with Gasteiger partial charge in [0, 0.05) is 5.41 Å². The summed E-state index contributed by atoms with van der Waals surface area (Å²) in [7, 11) is 0. The molecule has 0 aromatic carbocycles. The maximum Gasteiger partial charge on any atom is 0.304 e. The zero-order chi connectivity index (χ0) is 7.61. The highest BCUT2D eigenvalue weighted by molar-refractivity contribution is 5.67. The Kier molecular flexibility index (Phi) is 1.94. The predicted octanol–water partition coefficient (Wildman–Crippen LogP) is 0.888. The summed E-state index contributed by atoms with van der Waals surface area (Å²) in [5.41, 5.74) is -0.0359. The highest BCUT2D eigenvalue weighted by Crippen LogP contribution is 2.34. The largest absolute Gasteiger partial charge is 0.481 e. The van der Waals surface area contributed by atoms with E-state index in [0.717, 1.165) is 6.42 Å². The molecule has 0 aliphatic carbocycles. The SMILES string of the molecule is CCC1(CC(=O)O)COC1. The first-order chi connectivity index (χ1) is 4.68. The Bertz CT molecular complexity index is 132. The number of carboxylic acids is 1. The van der Waals surface area contributed by atoms with Gasteiger partial charge in [-0.25, -0.2) is 0 Å². The van der Waals surface area contributed by atoms with Crippen LogP contribution < -0.4 is 0 Å². The lowest BCUT2D eigenvalue weighted by atomic mass is 9.80. The molecular weight excluding hydrogens is 132 g/mol. The van der Waals surface area contributed by atoms with Crippen LogP contribution in [-0.2, 0) is 9.53 Å². The summed E-state index contributed by atoms with van der Waals surface area (Å²) in [4.78, 5) is 10.3. The van der Waals surface area contributed by atoms with E-state index >= 15 is 0 Å². The van der Waals surface area contributed by atoms with E-state index in [2.05, 4.69) is 0 Å². The zero-order valence-corrected chi connectivity index (χ0v) is 6.09. The smallest absolute Gasteiger partial charge is 0.304 e. The van der Waals surface area contributed by atoms with Crippen LogP contribution in [0.25, 0.3) is 0 Å². The van der Waals surface area contributed by atoms with Crippen LogP contribution in [0.5, 0.6) is 0 Å². The number of carboxylic acid groups (broad SMARTS) is 1. The quantitative estimate of drug-likeness (QED) is 0.639. The van der Waals surface area contributed by atoms with Gasteiger partial charge in [0.25, 0.3) is 0 Å². The molecule has 1 saturated heterocycles. The van der Waals surface area contributed by atoms with Gasteiger partial charge in [0.2, 0.25) is 0 Å². The summed E-state index contributed by atoms with van der Waals surface area (Å²) in [5, 5.41) is 8.49. The Morgan fingerprint density at radius 2 is 2.30 bits per heavy atom. The van der Waals surface area contributed by atoms with Crippen LogP contribution in [0.4, 0.5) is 0 Å². The van der Waals surface area contributed by atoms with Crippen molar-refractivity contribution < 1.29 is 14.6 Å². The molecule has 1 heterocycles. The molecule has 0 bridgehead atoms. The van der Waals surface area contributed by atoms with E-state index in [0.29, 0.717) is 13.2 Å². The number of hydrogen-bond donors (Lipinski definition) is 1. The van der Waals surface area contributed by atoms with E-state index in [4.69, 9.17) is 9.84 Å². The van der Waals surface area contributed by atoms with Gasteiger partial charge in [-0.1, -0.05) is 6.92 Å². The molecular formula is C7H12O3. The molecule has 0 radical (unpaired) electrons. The minimum atomic E-state index is -0.717. The molecule has 0 aromatic heterocycles. The minimum absolute atomic E-state index is 0.0359. The fraction of sp³-hybridized carbons (Fsp3) is 0.857. The number of carbonyl (C=O) groups is 1. The van der Waals surface area contributed by atoms with Crippen molar-refractivity contribution in [3.8, 4) is 0 Å². The summed E-state index contributed by atoms with van der Waals surface area (Å²) < 4.78 is 4.97. The molecule has 1 N–H and O–H groups in total. The van der Waals surface area contributed by atoms with Crippen LogP contribution in [-0.4, -0.2) is 24.3 Å². The molecule has 0 saturated carbocycles. The molecule has 0 aromatic rings. The molecule has 1 aliphatic heterocycles. The lowest BCUT2D eigenvalue weighted by molar-refractivity contribution is -0.157. The molecule has 0 spiro atoms. The van der Waals surface area contributed by atoms with Gasteiger partial charge >= 0.3 is 5.97 Å². The maximum absolute atomic E-state index is 10.3. The Morgan fingerprint density at radius 1 is 1.70 bits per heavy atom. The molecule has 1 aliphatic rings. The van der Waals surface area contributed by atoms with Gasteiger partial charge in [-0.15, -0.1) is 0 Å². The number of aliphatic carboxylic acids is 1. The lowest BCUT2D eigenvalue weighted by Crippen LogP contribution is -2.43. The minimum Gasteiger partial charge on any atom is -0.481 e. The second kappa shape index (κ2) is 2.58. The Balaban J connectivity index is 2.40. The van der Waals surface area contributed by atoms with E-state index < -0.39 is 5.97 Å². The van der Waals surface area contributed by atoms with Crippen molar-refractivity contribution in [3.05, 3.63) is 0 Å². The first kappa shape index (κ1) is 7.54. The highest BCUT2D eigenvalue weighted by atomic mass is 16.5. The third kappa shape index (κ3) is 1.29. The first-order valence-electron chi connectivity index (χ1n) is 3.48. The van der Waals surface area contributed by atoms with Gasteiger partial charge < -0.3 is 9.84 Å². The van der Waals surface area contributed by atoms with Crippen molar-refractivity contribution in [2.24, 2.45) is 5.41 Å². The molecule has 3 heteroatoms. The van der Waals surface area contributed by atoms with E-state index in [1.165, 1.54) is 0 Å². The van der Waals surface area contributed by atoms with Crippen LogP contribution in [0.1, 0.15) is 19.8 Å². The Hall–Kier alpha value is -0.570. The van der Waals surface area contributed by atoms with E-state index in [9.17, 15) is 4.79 Å². The summed E-state index contributed by atoms with van der Waals surface area (Å²) in [6.07, 6.45) is 1.16. The van der Waals surface area contributed by atoms with Crippen LogP contribution >= 0.6 is 0 Å². The lowest BCUT2D eigenvalue weighted by Gasteiger charge is -2.39. The average Bonchev–Trinajstić information content (AvgIpc) is 1.78. The van der Waals surface area contributed by atoms with E-state index in [-0.39, 0.29) is 11.8 Å². The van der Waals surface area contributed by atoms with Crippen molar-refractivity contribution in [1.29, 1.82) is 0 Å². The number of rotatable bonds is 3. The van der Waals surface area contributed by atoms with Gasteiger partial charge in [0.15, 0.2) is 0 Å². The molecule has 3 nitrogen and oxygen atoms in total. The van der Waals surface area contributed by atoms with E-state index in [1.807, 2.05) is 6.92 Å². The standard InChI is InChI=1S/C7H12O3/c1-2-7(3-6(8)9)4-10-5-7/h2-5H2,1H3,(H,8,9). The molecule has 1 fully saturated rings. The molecule has 0 unspecified atom stereocenters. The first-order valence-corrected chi connectivity index (χ1v) is 3.48. The summed E-state index contributed by atoms with van der Waals surface area (Å²) >= 11 is 0. The van der Waals surface area contributed by atoms with Gasteiger partial charge in [-0.3, -0.25) is 4.79 Å². The molecule has 0 atom stereocenters. The average molecular weight is 144 g/mol. The molecule has 1 rings (SSSR count). The topological polar surface area (TPSA) is 46.5 Å². The second-order valence-corrected chi connectivity index (χ2v) is 2.92. The predicted molar refractivity (Wildman–Crippen MR) is 35.8 cm³/mol. The van der Waals surface area contributed by atoms with Crippen molar-refractivity contribution >= 4 is 5.97 Å². The Labute approximate surface area is 60.0 Å². The van der Waals surface area contributed by atoms with Crippen molar-refractivity contribution in [3.63, 3.8) is 0 Å². The zero-order valence-electron chi connectivity index (χ0n) is 6.09. The summed E-state index contributed by atoms with van der Waals surface area (Å²) in [6, 6.07) is 0. The summed E-state index contributed by atoms with van der Waals surface area (Å²) in [6.45, 7) is 3.25. The fourth-order valence-corrected chi connectivity index (χ4v) is 1.14. The Morgan fingerprint density at radius 3 is 2.40 bits per heavy atom. The van der Waals surface area contributed by atoms with Crippen LogP contribution in [0.15, 0.2) is 0 Å². The third-order valence-corrected chi connectivity index (χ3v) is 2.09. The fourth-order valence-electron chi connectivity index (χ4n) is 1.14. The molecule has 58 valence electrons. The van der Waals surface area contributed by atoms with Crippen LogP contribution in [0, 0.1) is 5.41 Å². The normalized spacial score (nSPS) is 21.7. The van der Waals surface area contributed by atoms with Crippen molar-refractivity contribution in [2.75, 3.05) is 13.2 Å². The number of hydrogen-bond acceptors (Lipinski definition) is 2. The van der Waals surface area contributed by atoms with Gasteiger partial charge in [-0.2, -0.15) is 0 Å². The van der Waals surface area contributed by atoms with E-state index in [1.54, 1.807) is 0 Å². The van der Waals surface area contributed by atoms with Crippen molar-refractivity contribution in [1.82, 2.24) is 0 Å². The summed E-state index contributed by atoms with van der Waals surface area (Å²) in [5.74, 6) is -0.717. The number of ether oxygens (including phenoxy) is 1. The van der Waals surface area contributed by atoms with Gasteiger partial charge in [-0.05, 0) is 6.42 Å².